The van der Waals surface area contributed by atoms with Crippen molar-refractivity contribution in [3.63, 3.8) is 0 Å². The zero-order chi connectivity index (χ0) is 4.00. The summed E-state index contributed by atoms with van der Waals surface area (Å²) >= 11 is 0. The van der Waals surface area contributed by atoms with Crippen LogP contribution in [0.2, 0.25) is 0 Å². The fourth-order valence-corrected chi connectivity index (χ4v) is 0. The second-order valence-electron chi connectivity index (χ2n) is 0. The van der Waals surface area contributed by atoms with E-state index in [0.717, 1.165) is 0 Å². The van der Waals surface area contributed by atoms with Gasteiger partial charge in [-0.05, 0) is 0 Å². The number of hydrogen-bond acceptors (Lipinski definition) is 2. The molecule has 0 aliphatic carbocycles. The molecule has 2 nitrogen and oxygen atoms in total. The molecule has 0 atom stereocenters. The van der Waals surface area contributed by atoms with Gasteiger partial charge in [-0.1, -0.05) is 21.0 Å². The van der Waals surface area contributed by atoms with Crippen LogP contribution in [0.3, 0.4) is 0 Å². The van der Waals surface area contributed by atoms with Crippen LogP contribution in [0.25, 0.3) is 0 Å². The van der Waals surface area contributed by atoms with E-state index >= 15 is 0 Å². The standard InChI is InChI=1S/K.Na.2H3OSi/c;;2*1-2/h;;2*2H3/q2*+1;2*-1. The molecular weight excluding hydrogens is 150 g/mol. The molecule has 0 radical (unpaired) electrons. The van der Waals surface area contributed by atoms with Crippen LogP contribution in [-0.2, 0) is 0 Å². The fourth-order valence-electron chi connectivity index (χ4n) is 0. The predicted octanol–water partition coefficient (Wildman–Crippen LogP) is -10.7. The van der Waals surface area contributed by atoms with Crippen molar-refractivity contribution >= 4 is 21.0 Å². The van der Waals surface area contributed by atoms with Gasteiger partial charge in [0.25, 0.3) is 0 Å². The van der Waals surface area contributed by atoms with Gasteiger partial charge in [-0.25, -0.2) is 0 Å². The van der Waals surface area contributed by atoms with Crippen LogP contribution >= 0.6 is 0 Å². The molecule has 0 fully saturated rings. The molecule has 0 aromatic carbocycles. The maximum Gasteiger partial charge on any atom is 1.00 e. The van der Waals surface area contributed by atoms with Gasteiger partial charge in [-0.3, -0.25) is 0 Å². The molecule has 0 amide bonds. The molecule has 28 valence electrons. The molecule has 0 aliphatic rings. The molecule has 0 saturated carbocycles. The third kappa shape index (κ3) is 28.1. The molecule has 0 N–H and O–H groups in total. The van der Waals surface area contributed by atoms with E-state index < -0.39 is 0 Å². The first kappa shape index (κ1) is 23.0. The second kappa shape index (κ2) is 43.7. The third-order valence-corrected chi connectivity index (χ3v) is 0. The summed E-state index contributed by atoms with van der Waals surface area (Å²) in [6, 6.07) is 0. The molecule has 0 spiro atoms. The Hall–Kier alpha value is 2.99. The van der Waals surface area contributed by atoms with Gasteiger partial charge in [0.2, 0.25) is 0 Å². The van der Waals surface area contributed by atoms with Gasteiger partial charge in [-0.15, -0.1) is 0 Å². The van der Waals surface area contributed by atoms with Crippen LogP contribution in [0.4, 0.5) is 0 Å². The maximum atomic E-state index is 8.39. The van der Waals surface area contributed by atoms with Crippen molar-refractivity contribution in [2.45, 2.75) is 0 Å². The smallest absolute Gasteiger partial charge is 0.865 e. The largest absolute Gasteiger partial charge is 1.00 e. The first-order valence-corrected chi connectivity index (χ1v) is 2.45. The van der Waals surface area contributed by atoms with Gasteiger partial charge in [0, 0.05) is 0 Å². The molecule has 6 heavy (non-hydrogen) atoms. The normalized spacial score (nSPS) is 3.00. The van der Waals surface area contributed by atoms with Crippen molar-refractivity contribution in [1.82, 2.24) is 0 Å². The Kier molecular flexibility index (Phi) is 168. The molecule has 0 rings (SSSR count). The molecule has 0 aromatic heterocycles. The van der Waals surface area contributed by atoms with E-state index in [2.05, 4.69) is 0 Å². The Morgan fingerprint density at radius 1 is 0.833 bits per heavy atom. The van der Waals surface area contributed by atoms with Crippen LogP contribution in [0.5, 0.6) is 0 Å². The summed E-state index contributed by atoms with van der Waals surface area (Å²) in [6.07, 6.45) is 0. The Bertz CT molecular complexity index is 11.5. The molecule has 0 aromatic rings. The summed E-state index contributed by atoms with van der Waals surface area (Å²) in [5, 5.41) is 0. The van der Waals surface area contributed by atoms with Crippen LogP contribution in [0.15, 0.2) is 0 Å². The third-order valence-electron chi connectivity index (χ3n) is 0. The van der Waals surface area contributed by atoms with Crippen molar-refractivity contribution < 1.29 is 90.5 Å². The summed E-state index contributed by atoms with van der Waals surface area (Å²) in [5.41, 5.74) is 0. The SMILES string of the molecule is [K+].[Na+].[O-][SiH3].[O-][SiH3]. The minimum atomic E-state index is 0. The maximum absolute atomic E-state index is 8.39. The fraction of sp³-hybridized carbons (Fsp3) is 0. The topological polar surface area (TPSA) is 46.1 Å². The Morgan fingerprint density at radius 2 is 0.833 bits per heavy atom. The van der Waals surface area contributed by atoms with E-state index in [1.807, 2.05) is 0 Å². The van der Waals surface area contributed by atoms with Crippen LogP contribution in [0, 0.1) is 0 Å². The van der Waals surface area contributed by atoms with Crippen molar-refractivity contribution in [2.75, 3.05) is 0 Å². The first-order chi connectivity index (χ1) is 2.00. The summed E-state index contributed by atoms with van der Waals surface area (Å²) < 4.78 is 0. The van der Waals surface area contributed by atoms with Crippen LogP contribution in [-0.4, -0.2) is 21.0 Å². The molecule has 0 unspecified atom stereocenters. The minimum Gasteiger partial charge on any atom is -0.865 e. The van der Waals surface area contributed by atoms with E-state index in [1.54, 1.807) is 0 Å². The Balaban J connectivity index is -0.00000000500. The summed E-state index contributed by atoms with van der Waals surface area (Å²) in [5.74, 6) is 0. The Labute approximate surface area is 109 Å². The molecule has 0 aliphatic heterocycles. The summed E-state index contributed by atoms with van der Waals surface area (Å²) in [6.45, 7) is 0. The van der Waals surface area contributed by atoms with Crippen molar-refractivity contribution in [3.05, 3.63) is 0 Å². The van der Waals surface area contributed by atoms with E-state index in [1.165, 1.54) is 0 Å². The predicted molar refractivity (Wildman–Crippen MR) is 19.9 cm³/mol. The average molecular weight is 156 g/mol. The zero-order valence-electron chi connectivity index (χ0n) is 4.82. The zero-order valence-corrected chi connectivity index (χ0v) is 13.9. The number of hydrogen-bond donors (Lipinski definition) is 0. The Morgan fingerprint density at radius 3 is 0.833 bits per heavy atom. The van der Waals surface area contributed by atoms with Crippen LogP contribution in [0.1, 0.15) is 0 Å². The van der Waals surface area contributed by atoms with Gasteiger partial charge < -0.3 is 9.59 Å². The van der Waals surface area contributed by atoms with E-state index in [9.17, 15) is 0 Å². The van der Waals surface area contributed by atoms with Gasteiger partial charge >= 0.3 is 80.9 Å². The first-order valence-electron chi connectivity index (χ1n) is 0.816. The summed E-state index contributed by atoms with van der Waals surface area (Å²) in [7, 11) is 0.111. The van der Waals surface area contributed by atoms with Crippen LogP contribution < -0.4 is 90.5 Å². The number of rotatable bonds is 0. The van der Waals surface area contributed by atoms with Crippen molar-refractivity contribution in [1.29, 1.82) is 0 Å². The van der Waals surface area contributed by atoms with E-state index in [0.29, 0.717) is 0 Å². The van der Waals surface area contributed by atoms with Gasteiger partial charge in [0.15, 0.2) is 0 Å². The van der Waals surface area contributed by atoms with Gasteiger partial charge in [0.05, 0.1) is 0 Å². The minimum absolute atomic E-state index is 0. The molecule has 0 saturated heterocycles. The monoisotopic (exact) mass is 156 g/mol. The average Bonchev–Trinajstić information content (AvgIpc) is 1.50. The van der Waals surface area contributed by atoms with Gasteiger partial charge in [-0.2, -0.15) is 0 Å². The second-order valence-corrected chi connectivity index (χ2v) is 0. The van der Waals surface area contributed by atoms with E-state index in [4.69, 9.17) is 9.59 Å². The van der Waals surface area contributed by atoms with E-state index in [-0.39, 0.29) is 102 Å². The molecular formula is H6KNaO2Si2. The molecule has 6 heteroatoms. The summed E-state index contributed by atoms with van der Waals surface area (Å²) in [4.78, 5) is 16.8. The van der Waals surface area contributed by atoms with Gasteiger partial charge in [0.1, 0.15) is 0 Å². The quantitative estimate of drug-likeness (QED) is 0.327. The van der Waals surface area contributed by atoms with Crippen molar-refractivity contribution in [2.24, 2.45) is 0 Å². The van der Waals surface area contributed by atoms with Crippen molar-refractivity contribution in [3.8, 4) is 0 Å². The molecule has 0 heterocycles. The molecule has 0 bridgehead atoms.